The molecule has 0 atom stereocenters. The molecule has 110 valence electrons. The van der Waals surface area contributed by atoms with Crippen LogP contribution in [0.15, 0.2) is 18.2 Å². The highest BCUT2D eigenvalue weighted by Crippen LogP contribution is 2.22. The maximum Gasteiger partial charge on any atom is 0.120 e. The summed E-state index contributed by atoms with van der Waals surface area (Å²) in [6.45, 7) is 6.03. The summed E-state index contributed by atoms with van der Waals surface area (Å²) in [6, 6.07) is 5.42. The molecular formula is C14H20ClN3OS. The Morgan fingerprint density at radius 2 is 2.05 bits per heavy atom. The van der Waals surface area contributed by atoms with Crippen molar-refractivity contribution in [3.8, 4) is 5.75 Å². The van der Waals surface area contributed by atoms with Gasteiger partial charge in [-0.1, -0.05) is 23.8 Å². The van der Waals surface area contributed by atoms with Crippen molar-refractivity contribution in [2.75, 3.05) is 46.4 Å². The largest absolute Gasteiger partial charge is 0.492 e. The van der Waals surface area contributed by atoms with Gasteiger partial charge in [-0.15, -0.1) is 0 Å². The molecule has 0 aliphatic carbocycles. The van der Waals surface area contributed by atoms with Crippen LogP contribution in [0.3, 0.4) is 0 Å². The van der Waals surface area contributed by atoms with Gasteiger partial charge in [-0.3, -0.25) is 4.90 Å². The Morgan fingerprint density at radius 3 is 2.65 bits per heavy atom. The van der Waals surface area contributed by atoms with Gasteiger partial charge < -0.3 is 15.4 Å². The van der Waals surface area contributed by atoms with Gasteiger partial charge in [0.1, 0.15) is 17.3 Å². The smallest absolute Gasteiger partial charge is 0.120 e. The van der Waals surface area contributed by atoms with Crippen LogP contribution in [0.4, 0.5) is 0 Å². The van der Waals surface area contributed by atoms with E-state index in [4.69, 9.17) is 34.3 Å². The van der Waals surface area contributed by atoms with Crippen LogP contribution in [-0.4, -0.2) is 61.2 Å². The molecule has 1 heterocycles. The molecule has 1 fully saturated rings. The second-order valence-electron chi connectivity index (χ2n) is 5.00. The minimum atomic E-state index is 0.305. The molecule has 0 bridgehead atoms. The molecule has 0 radical (unpaired) electrons. The number of thiocarbonyl (C=S) groups is 1. The molecule has 0 aromatic heterocycles. The summed E-state index contributed by atoms with van der Waals surface area (Å²) in [5, 5.41) is 0.537. The standard InChI is InChI=1S/C14H20ClN3OS/c1-17-4-6-18(7-5-17)8-9-19-11-2-3-12(14(16)20)13(15)10-11/h2-3,10H,4-9H2,1H3,(H2,16,20). The van der Waals surface area contributed by atoms with Crippen molar-refractivity contribution in [2.45, 2.75) is 0 Å². The Morgan fingerprint density at radius 1 is 1.35 bits per heavy atom. The maximum absolute atomic E-state index is 6.10. The van der Waals surface area contributed by atoms with E-state index in [1.54, 1.807) is 12.1 Å². The number of hydrogen-bond acceptors (Lipinski definition) is 4. The van der Waals surface area contributed by atoms with Crippen LogP contribution >= 0.6 is 23.8 Å². The molecule has 2 rings (SSSR count). The minimum Gasteiger partial charge on any atom is -0.492 e. The summed E-state index contributed by atoms with van der Waals surface area (Å²) in [7, 11) is 2.15. The average molecular weight is 314 g/mol. The number of benzene rings is 1. The number of nitrogens with zero attached hydrogens (tertiary/aromatic N) is 2. The fourth-order valence-corrected chi connectivity index (χ4v) is 2.66. The van der Waals surface area contributed by atoms with Gasteiger partial charge in [0, 0.05) is 38.3 Å². The molecule has 2 N–H and O–H groups in total. The molecule has 0 saturated carbocycles. The predicted octanol–water partition coefficient (Wildman–Crippen LogP) is 1.60. The summed E-state index contributed by atoms with van der Waals surface area (Å²) in [6.07, 6.45) is 0. The lowest BCUT2D eigenvalue weighted by Crippen LogP contribution is -2.45. The number of hydrogen-bond donors (Lipinski definition) is 1. The Labute approximate surface area is 130 Å². The second kappa shape index (κ2) is 7.22. The average Bonchev–Trinajstić information content (AvgIpc) is 2.41. The number of halogens is 1. The highest BCUT2D eigenvalue weighted by Gasteiger charge is 2.13. The zero-order valence-electron chi connectivity index (χ0n) is 11.6. The molecule has 1 aliphatic heterocycles. The number of piperazine rings is 1. The van der Waals surface area contributed by atoms with Crippen LogP contribution in [-0.2, 0) is 0 Å². The lowest BCUT2D eigenvalue weighted by molar-refractivity contribution is 0.134. The molecule has 20 heavy (non-hydrogen) atoms. The number of nitrogens with two attached hydrogens (primary N) is 1. The van der Waals surface area contributed by atoms with Gasteiger partial charge in [0.05, 0.1) is 5.02 Å². The molecule has 1 aromatic carbocycles. The molecule has 0 amide bonds. The summed E-state index contributed by atoms with van der Waals surface area (Å²) < 4.78 is 5.73. The van der Waals surface area contributed by atoms with Gasteiger partial charge >= 0.3 is 0 Å². The van der Waals surface area contributed by atoms with Crippen LogP contribution < -0.4 is 10.5 Å². The van der Waals surface area contributed by atoms with Crippen LogP contribution in [0.25, 0.3) is 0 Å². The number of likely N-dealkylation sites (N-methyl/N-ethyl adjacent to an activating group) is 1. The van der Waals surface area contributed by atoms with E-state index >= 15 is 0 Å². The van der Waals surface area contributed by atoms with Crippen molar-refractivity contribution < 1.29 is 4.74 Å². The molecule has 4 nitrogen and oxygen atoms in total. The lowest BCUT2D eigenvalue weighted by atomic mass is 10.2. The molecular weight excluding hydrogens is 294 g/mol. The van der Waals surface area contributed by atoms with Crippen LogP contribution in [0, 0.1) is 0 Å². The van der Waals surface area contributed by atoms with Crippen molar-refractivity contribution in [1.29, 1.82) is 0 Å². The minimum absolute atomic E-state index is 0.305. The van der Waals surface area contributed by atoms with E-state index in [2.05, 4.69) is 16.8 Å². The zero-order valence-corrected chi connectivity index (χ0v) is 13.2. The van der Waals surface area contributed by atoms with Crippen molar-refractivity contribution in [1.82, 2.24) is 9.80 Å². The zero-order chi connectivity index (χ0) is 14.5. The third kappa shape index (κ3) is 4.31. The topological polar surface area (TPSA) is 41.7 Å². The number of ether oxygens (including phenoxy) is 1. The first-order chi connectivity index (χ1) is 9.56. The molecule has 6 heteroatoms. The fraction of sp³-hybridized carbons (Fsp3) is 0.500. The van der Waals surface area contributed by atoms with Gasteiger partial charge in [-0.05, 0) is 25.2 Å². The van der Waals surface area contributed by atoms with Gasteiger partial charge in [0.25, 0.3) is 0 Å². The monoisotopic (exact) mass is 313 g/mol. The van der Waals surface area contributed by atoms with E-state index in [1.165, 1.54) is 0 Å². The third-order valence-electron chi connectivity index (χ3n) is 3.48. The highest BCUT2D eigenvalue weighted by molar-refractivity contribution is 7.80. The van der Waals surface area contributed by atoms with Crippen LogP contribution in [0.1, 0.15) is 5.56 Å². The van der Waals surface area contributed by atoms with Crippen LogP contribution in [0.5, 0.6) is 5.75 Å². The van der Waals surface area contributed by atoms with Gasteiger partial charge in [0.2, 0.25) is 0 Å². The molecule has 0 unspecified atom stereocenters. The Kier molecular flexibility index (Phi) is 5.60. The van der Waals surface area contributed by atoms with E-state index in [0.717, 1.165) is 38.5 Å². The Hall–Kier alpha value is -0.880. The van der Waals surface area contributed by atoms with E-state index in [-0.39, 0.29) is 0 Å². The molecule has 1 saturated heterocycles. The second-order valence-corrected chi connectivity index (χ2v) is 5.85. The Balaban J connectivity index is 1.79. The van der Waals surface area contributed by atoms with E-state index < -0.39 is 0 Å². The van der Waals surface area contributed by atoms with E-state index in [0.29, 0.717) is 22.2 Å². The third-order valence-corrected chi connectivity index (χ3v) is 4.01. The fourth-order valence-electron chi connectivity index (χ4n) is 2.15. The lowest BCUT2D eigenvalue weighted by Gasteiger charge is -2.32. The quantitative estimate of drug-likeness (QED) is 0.836. The van der Waals surface area contributed by atoms with Gasteiger partial charge in [-0.25, -0.2) is 0 Å². The van der Waals surface area contributed by atoms with Gasteiger partial charge in [0.15, 0.2) is 0 Å². The molecule has 1 aromatic rings. The molecule has 1 aliphatic rings. The summed E-state index contributed by atoms with van der Waals surface area (Å²) in [5.41, 5.74) is 6.26. The first-order valence-electron chi connectivity index (χ1n) is 6.69. The van der Waals surface area contributed by atoms with Crippen LogP contribution in [0.2, 0.25) is 5.02 Å². The maximum atomic E-state index is 6.10. The predicted molar refractivity (Wildman–Crippen MR) is 86.8 cm³/mol. The molecule has 0 spiro atoms. The van der Waals surface area contributed by atoms with Crippen molar-refractivity contribution in [3.63, 3.8) is 0 Å². The van der Waals surface area contributed by atoms with Crippen molar-refractivity contribution in [3.05, 3.63) is 28.8 Å². The summed E-state index contributed by atoms with van der Waals surface area (Å²) >= 11 is 11.0. The summed E-state index contributed by atoms with van der Waals surface area (Å²) in [5.74, 6) is 0.754. The highest BCUT2D eigenvalue weighted by atomic mass is 35.5. The van der Waals surface area contributed by atoms with E-state index in [1.807, 2.05) is 6.07 Å². The van der Waals surface area contributed by atoms with Crippen molar-refractivity contribution in [2.24, 2.45) is 5.73 Å². The van der Waals surface area contributed by atoms with E-state index in [9.17, 15) is 0 Å². The Bertz CT molecular complexity index is 475. The first kappa shape index (κ1) is 15.5. The normalized spacial score (nSPS) is 17.1. The SMILES string of the molecule is CN1CCN(CCOc2ccc(C(N)=S)c(Cl)c2)CC1. The summed E-state index contributed by atoms with van der Waals surface area (Å²) in [4.78, 5) is 5.05. The van der Waals surface area contributed by atoms with Gasteiger partial charge in [-0.2, -0.15) is 0 Å². The first-order valence-corrected chi connectivity index (χ1v) is 7.48. The van der Waals surface area contributed by atoms with Crippen molar-refractivity contribution >= 4 is 28.8 Å². The number of rotatable bonds is 5.